The van der Waals surface area contributed by atoms with Crippen molar-refractivity contribution >= 4 is 15.9 Å². The zero-order valence-electron chi connectivity index (χ0n) is 7.23. The van der Waals surface area contributed by atoms with Gasteiger partial charge in [-0.2, -0.15) is 0 Å². The second kappa shape index (κ2) is 6.17. The number of rotatable bonds is 5. The molecule has 0 saturated heterocycles. The molecule has 62 valence electrons. The molecule has 0 amide bonds. The van der Waals surface area contributed by atoms with Crippen molar-refractivity contribution in [1.29, 1.82) is 0 Å². The van der Waals surface area contributed by atoms with E-state index in [2.05, 4.69) is 41.7 Å². The molecule has 0 atom stereocenters. The molecular formula is C8H18BrN. The van der Waals surface area contributed by atoms with Crippen LogP contribution in [0.5, 0.6) is 0 Å². The summed E-state index contributed by atoms with van der Waals surface area (Å²) < 4.78 is 0. The van der Waals surface area contributed by atoms with Crippen LogP contribution in [-0.4, -0.2) is 23.9 Å². The summed E-state index contributed by atoms with van der Waals surface area (Å²) in [6, 6.07) is 0. The molecule has 0 spiro atoms. The van der Waals surface area contributed by atoms with Gasteiger partial charge in [0.2, 0.25) is 0 Å². The summed E-state index contributed by atoms with van der Waals surface area (Å²) in [6.45, 7) is 5.76. The van der Waals surface area contributed by atoms with Gasteiger partial charge < -0.3 is 0 Å². The van der Waals surface area contributed by atoms with Crippen molar-refractivity contribution in [3.63, 3.8) is 0 Å². The molecular weight excluding hydrogens is 190 g/mol. The average molecular weight is 208 g/mol. The third kappa shape index (κ3) is 6.56. The van der Waals surface area contributed by atoms with E-state index in [4.69, 9.17) is 0 Å². The van der Waals surface area contributed by atoms with Gasteiger partial charge in [-0.1, -0.05) is 29.8 Å². The maximum absolute atomic E-state index is 3.41. The van der Waals surface area contributed by atoms with Crippen LogP contribution in [-0.2, 0) is 0 Å². The maximum atomic E-state index is 3.41. The predicted octanol–water partition coefficient (Wildman–Crippen LogP) is 2.71. The van der Waals surface area contributed by atoms with Crippen LogP contribution in [0.4, 0.5) is 0 Å². The summed E-state index contributed by atoms with van der Waals surface area (Å²) >= 11 is 3.41. The Morgan fingerprint density at radius 2 is 2.00 bits per heavy atom. The van der Waals surface area contributed by atoms with Crippen LogP contribution < -0.4 is 0 Å². The van der Waals surface area contributed by atoms with E-state index in [1.807, 2.05) is 0 Å². The molecule has 0 aliphatic carbocycles. The Labute approximate surface area is 72.9 Å². The first-order valence-electron chi connectivity index (χ1n) is 3.91. The summed E-state index contributed by atoms with van der Waals surface area (Å²) in [4.78, 5) is 2.28. The molecule has 0 aliphatic rings. The lowest BCUT2D eigenvalue weighted by molar-refractivity contribution is 0.369. The number of alkyl halides is 1. The molecule has 10 heavy (non-hydrogen) atoms. The van der Waals surface area contributed by atoms with Gasteiger partial charge in [0.1, 0.15) is 0 Å². The molecule has 0 radical (unpaired) electrons. The van der Waals surface area contributed by atoms with Gasteiger partial charge in [-0.05, 0) is 32.4 Å². The van der Waals surface area contributed by atoms with E-state index < -0.39 is 0 Å². The van der Waals surface area contributed by atoms with Gasteiger partial charge in [0, 0.05) is 0 Å². The molecule has 2 heteroatoms. The minimum atomic E-state index is 0.851. The normalized spacial score (nSPS) is 11.4. The number of nitrogens with zero attached hydrogens (tertiary/aromatic N) is 1. The van der Waals surface area contributed by atoms with E-state index >= 15 is 0 Å². The van der Waals surface area contributed by atoms with E-state index in [9.17, 15) is 0 Å². The first kappa shape index (κ1) is 10.4. The maximum Gasteiger partial charge on any atom is 0.0539 e. The number of hydrogen-bond donors (Lipinski definition) is 0. The first-order chi connectivity index (χ1) is 4.66. The van der Waals surface area contributed by atoms with Crippen LogP contribution in [0.15, 0.2) is 0 Å². The lowest BCUT2D eigenvalue weighted by atomic mass is 10.1. The molecule has 0 aliphatic heterocycles. The van der Waals surface area contributed by atoms with Crippen molar-refractivity contribution < 1.29 is 0 Å². The quantitative estimate of drug-likeness (QED) is 0.496. The zero-order valence-corrected chi connectivity index (χ0v) is 8.82. The Balaban J connectivity index is 3.03. The molecule has 0 aromatic heterocycles. The van der Waals surface area contributed by atoms with Crippen LogP contribution in [0.25, 0.3) is 0 Å². The SMILES string of the molecule is CC(C)CCCN(C)CBr. The largest absolute Gasteiger partial charge is 0.297 e. The lowest BCUT2D eigenvalue weighted by Crippen LogP contribution is -2.17. The minimum absolute atomic E-state index is 0.851. The second-order valence-electron chi connectivity index (χ2n) is 3.24. The molecule has 0 bridgehead atoms. The van der Waals surface area contributed by atoms with Gasteiger partial charge >= 0.3 is 0 Å². The Kier molecular flexibility index (Phi) is 6.44. The summed E-state index contributed by atoms with van der Waals surface area (Å²) in [5.41, 5.74) is 0.991. The zero-order chi connectivity index (χ0) is 7.98. The highest BCUT2D eigenvalue weighted by atomic mass is 79.9. The summed E-state index contributed by atoms with van der Waals surface area (Å²) in [5, 5.41) is 0. The van der Waals surface area contributed by atoms with Gasteiger partial charge in [-0.25, -0.2) is 0 Å². The Hall–Kier alpha value is 0.440. The van der Waals surface area contributed by atoms with Gasteiger partial charge in [-0.3, -0.25) is 4.90 Å². The first-order valence-corrected chi connectivity index (χ1v) is 5.03. The number of halogens is 1. The molecule has 0 fully saturated rings. The van der Waals surface area contributed by atoms with Crippen molar-refractivity contribution in [2.24, 2.45) is 5.92 Å². The van der Waals surface area contributed by atoms with Gasteiger partial charge in [0.15, 0.2) is 0 Å². The highest BCUT2D eigenvalue weighted by Gasteiger charge is 1.96. The van der Waals surface area contributed by atoms with E-state index in [-0.39, 0.29) is 0 Å². The highest BCUT2D eigenvalue weighted by molar-refractivity contribution is 9.09. The highest BCUT2D eigenvalue weighted by Crippen LogP contribution is 2.04. The lowest BCUT2D eigenvalue weighted by Gasteiger charge is -2.12. The predicted molar refractivity (Wildman–Crippen MR) is 50.5 cm³/mol. The standard InChI is InChI=1S/C8H18BrN/c1-8(2)5-4-6-10(3)7-9/h8H,4-7H2,1-3H3. The van der Waals surface area contributed by atoms with Crippen molar-refractivity contribution in [2.75, 3.05) is 19.0 Å². The Bertz CT molecular complexity index is 73.7. The van der Waals surface area contributed by atoms with Crippen LogP contribution >= 0.6 is 15.9 Å². The monoisotopic (exact) mass is 207 g/mol. The fourth-order valence-corrected chi connectivity index (χ4v) is 1.08. The van der Waals surface area contributed by atoms with Gasteiger partial charge in [-0.15, -0.1) is 0 Å². The van der Waals surface area contributed by atoms with E-state index in [0.29, 0.717) is 0 Å². The van der Waals surface area contributed by atoms with Crippen LogP contribution in [0.1, 0.15) is 26.7 Å². The summed E-state index contributed by atoms with van der Waals surface area (Å²) in [7, 11) is 2.13. The van der Waals surface area contributed by atoms with E-state index in [1.165, 1.54) is 19.4 Å². The molecule has 0 heterocycles. The smallest absolute Gasteiger partial charge is 0.0539 e. The third-order valence-corrected chi connectivity index (χ3v) is 2.38. The number of hydrogen-bond acceptors (Lipinski definition) is 1. The van der Waals surface area contributed by atoms with Crippen LogP contribution in [0.2, 0.25) is 0 Å². The van der Waals surface area contributed by atoms with Gasteiger partial charge in [0.05, 0.1) is 5.45 Å². The fraction of sp³-hybridized carbons (Fsp3) is 1.00. The van der Waals surface area contributed by atoms with Crippen molar-refractivity contribution in [1.82, 2.24) is 4.90 Å². The van der Waals surface area contributed by atoms with Crippen molar-refractivity contribution in [3.05, 3.63) is 0 Å². The van der Waals surface area contributed by atoms with E-state index in [0.717, 1.165) is 11.4 Å². The molecule has 0 rings (SSSR count). The molecule has 0 N–H and O–H groups in total. The fourth-order valence-electron chi connectivity index (χ4n) is 0.829. The summed E-state index contributed by atoms with van der Waals surface area (Å²) in [5.74, 6) is 0.851. The topological polar surface area (TPSA) is 3.24 Å². The average Bonchev–Trinajstić information content (AvgIpc) is 1.87. The molecule has 0 aromatic carbocycles. The van der Waals surface area contributed by atoms with Crippen molar-refractivity contribution in [2.45, 2.75) is 26.7 Å². The molecule has 1 nitrogen and oxygen atoms in total. The van der Waals surface area contributed by atoms with Crippen LogP contribution in [0.3, 0.4) is 0 Å². The molecule has 0 aromatic rings. The van der Waals surface area contributed by atoms with Crippen LogP contribution in [0, 0.1) is 5.92 Å². The molecule has 0 saturated carbocycles. The van der Waals surface area contributed by atoms with Crippen molar-refractivity contribution in [3.8, 4) is 0 Å². The van der Waals surface area contributed by atoms with Gasteiger partial charge in [0.25, 0.3) is 0 Å². The molecule has 0 unspecified atom stereocenters. The Morgan fingerprint density at radius 3 is 2.40 bits per heavy atom. The summed E-state index contributed by atoms with van der Waals surface area (Å²) in [6.07, 6.45) is 2.66. The minimum Gasteiger partial charge on any atom is -0.297 e. The Morgan fingerprint density at radius 1 is 1.40 bits per heavy atom. The third-order valence-electron chi connectivity index (χ3n) is 1.53. The van der Waals surface area contributed by atoms with E-state index in [1.54, 1.807) is 0 Å². The second-order valence-corrected chi connectivity index (χ2v) is 3.74.